The lowest BCUT2D eigenvalue weighted by Gasteiger charge is -2.43. The average Bonchev–Trinajstić information content (AvgIpc) is 3.30. The molecule has 1 saturated carbocycles. The van der Waals surface area contributed by atoms with Gasteiger partial charge >= 0.3 is 0 Å². The van der Waals surface area contributed by atoms with Crippen LogP contribution in [0.1, 0.15) is 97.0 Å². The van der Waals surface area contributed by atoms with E-state index in [9.17, 15) is 4.79 Å². The molecule has 34 heavy (non-hydrogen) atoms. The molecule has 2 aliphatic heterocycles. The van der Waals surface area contributed by atoms with E-state index >= 15 is 0 Å². The van der Waals surface area contributed by atoms with Crippen molar-refractivity contribution in [3.63, 3.8) is 0 Å². The van der Waals surface area contributed by atoms with Gasteiger partial charge in [-0.2, -0.15) is 5.10 Å². The molecule has 0 amide bonds. The number of rotatable bonds is 9. The fourth-order valence-electron chi connectivity index (χ4n) is 6.77. The van der Waals surface area contributed by atoms with Gasteiger partial charge in [0.05, 0.1) is 6.20 Å². The first kappa shape index (κ1) is 25.9. The van der Waals surface area contributed by atoms with Crippen LogP contribution in [-0.2, 0) is 11.3 Å². The number of carbonyl (C=O) groups is 1. The van der Waals surface area contributed by atoms with Crippen LogP contribution in [0.5, 0.6) is 0 Å². The molecule has 2 saturated heterocycles. The molecule has 1 aromatic heterocycles. The molecule has 3 heterocycles. The van der Waals surface area contributed by atoms with Crippen LogP contribution in [0.2, 0.25) is 0 Å². The summed E-state index contributed by atoms with van der Waals surface area (Å²) >= 11 is 0. The van der Waals surface area contributed by atoms with E-state index in [-0.39, 0.29) is 5.41 Å². The Labute approximate surface area is 208 Å². The van der Waals surface area contributed by atoms with Crippen molar-refractivity contribution in [3.8, 4) is 0 Å². The smallest absolute Gasteiger partial charge is 0.125 e. The number of nitrogens with zero attached hydrogens (tertiary/aromatic N) is 4. The fourth-order valence-corrected chi connectivity index (χ4v) is 6.77. The van der Waals surface area contributed by atoms with Gasteiger partial charge in [0.15, 0.2) is 0 Å². The third-order valence-corrected chi connectivity index (χ3v) is 9.10. The standard InChI is InChI=1S/C29H50N4O/c1-23(2)27-18-30-33(21-27)20-26-9-13-31(14-10-26)19-25-11-15-32(16-12-25)28-7-5-24(6-8-28)17-29(3,4)22-34/h18,21-26,28H,5-17,19-20H2,1-4H3/t24-,28-. The molecule has 3 aliphatic rings. The number of likely N-dealkylation sites (tertiary alicyclic amines) is 2. The zero-order chi connectivity index (χ0) is 24.1. The van der Waals surface area contributed by atoms with Gasteiger partial charge in [0.25, 0.3) is 0 Å². The Morgan fingerprint density at radius 2 is 1.53 bits per heavy atom. The van der Waals surface area contributed by atoms with Crippen molar-refractivity contribution in [1.82, 2.24) is 19.6 Å². The summed E-state index contributed by atoms with van der Waals surface area (Å²) in [4.78, 5) is 16.8. The molecule has 0 spiro atoms. The maximum absolute atomic E-state index is 11.3. The highest BCUT2D eigenvalue weighted by atomic mass is 16.1. The zero-order valence-corrected chi connectivity index (χ0v) is 22.4. The van der Waals surface area contributed by atoms with E-state index in [1.807, 2.05) is 6.20 Å². The van der Waals surface area contributed by atoms with Gasteiger partial charge < -0.3 is 14.6 Å². The van der Waals surface area contributed by atoms with Crippen molar-refractivity contribution in [2.24, 2.45) is 23.2 Å². The molecule has 5 heteroatoms. The summed E-state index contributed by atoms with van der Waals surface area (Å²) in [5.74, 6) is 2.99. The first-order chi connectivity index (χ1) is 16.3. The Morgan fingerprint density at radius 3 is 2.12 bits per heavy atom. The van der Waals surface area contributed by atoms with Gasteiger partial charge in [0, 0.05) is 30.7 Å². The second-order valence-corrected chi connectivity index (χ2v) is 12.9. The highest BCUT2D eigenvalue weighted by Crippen LogP contribution is 2.36. The Balaban J connectivity index is 1.11. The highest BCUT2D eigenvalue weighted by molar-refractivity contribution is 5.57. The maximum atomic E-state index is 11.3. The number of hydrogen-bond acceptors (Lipinski definition) is 4. The van der Waals surface area contributed by atoms with Crippen LogP contribution >= 0.6 is 0 Å². The van der Waals surface area contributed by atoms with E-state index in [0.29, 0.717) is 5.92 Å². The van der Waals surface area contributed by atoms with Crippen LogP contribution < -0.4 is 0 Å². The highest BCUT2D eigenvalue weighted by Gasteiger charge is 2.32. The van der Waals surface area contributed by atoms with Gasteiger partial charge in [-0.1, -0.05) is 27.7 Å². The summed E-state index contributed by atoms with van der Waals surface area (Å²) in [5.41, 5.74) is 1.22. The van der Waals surface area contributed by atoms with E-state index < -0.39 is 0 Å². The fraction of sp³-hybridized carbons (Fsp3) is 0.862. The van der Waals surface area contributed by atoms with Gasteiger partial charge in [-0.3, -0.25) is 4.68 Å². The predicted molar refractivity (Wildman–Crippen MR) is 140 cm³/mol. The Hall–Kier alpha value is -1.20. The zero-order valence-electron chi connectivity index (χ0n) is 22.4. The van der Waals surface area contributed by atoms with Crippen LogP contribution in [0.25, 0.3) is 0 Å². The van der Waals surface area contributed by atoms with Crippen LogP contribution in [0.4, 0.5) is 0 Å². The van der Waals surface area contributed by atoms with Crippen molar-refractivity contribution in [2.75, 3.05) is 32.7 Å². The van der Waals surface area contributed by atoms with Crippen molar-refractivity contribution in [2.45, 2.75) is 104 Å². The van der Waals surface area contributed by atoms with Crippen LogP contribution in [-0.4, -0.2) is 64.6 Å². The molecule has 1 aliphatic carbocycles. The molecule has 1 aromatic rings. The summed E-state index contributed by atoms with van der Waals surface area (Å²) < 4.78 is 2.18. The summed E-state index contributed by atoms with van der Waals surface area (Å²) in [6.07, 6.45) is 17.2. The Bertz CT molecular complexity index is 748. The third kappa shape index (κ3) is 7.16. The van der Waals surface area contributed by atoms with Gasteiger partial charge in [0.2, 0.25) is 0 Å². The topological polar surface area (TPSA) is 41.4 Å². The number of hydrogen-bond donors (Lipinski definition) is 0. The van der Waals surface area contributed by atoms with Crippen LogP contribution in [0.3, 0.4) is 0 Å². The number of aromatic nitrogens is 2. The van der Waals surface area contributed by atoms with Gasteiger partial charge in [0.1, 0.15) is 6.29 Å². The number of aldehydes is 1. The number of piperidine rings is 2. The SMILES string of the molecule is CC(C)c1cnn(CC2CCN(CC3CCN([C@H]4CC[C@H](CC(C)(C)C=O)CC4)CC3)CC2)c1. The van der Waals surface area contributed by atoms with E-state index in [4.69, 9.17) is 0 Å². The van der Waals surface area contributed by atoms with Crippen molar-refractivity contribution in [3.05, 3.63) is 18.0 Å². The van der Waals surface area contributed by atoms with Gasteiger partial charge in [-0.15, -0.1) is 0 Å². The molecule has 0 atom stereocenters. The van der Waals surface area contributed by atoms with Crippen molar-refractivity contribution in [1.29, 1.82) is 0 Å². The van der Waals surface area contributed by atoms with E-state index in [1.54, 1.807) is 0 Å². The second-order valence-electron chi connectivity index (χ2n) is 12.9. The monoisotopic (exact) mass is 470 g/mol. The normalized spacial score (nSPS) is 26.9. The third-order valence-electron chi connectivity index (χ3n) is 9.10. The molecule has 0 bridgehead atoms. The van der Waals surface area contributed by atoms with Crippen molar-refractivity contribution < 1.29 is 4.79 Å². The average molecular weight is 471 g/mol. The summed E-state index contributed by atoms with van der Waals surface area (Å²) in [5, 5.41) is 4.60. The van der Waals surface area contributed by atoms with Crippen LogP contribution in [0, 0.1) is 23.2 Å². The minimum atomic E-state index is -0.138. The molecule has 0 unspecified atom stereocenters. The number of carbonyl (C=O) groups excluding carboxylic acids is 1. The molecule has 0 aromatic carbocycles. The predicted octanol–water partition coefficient (Wildman–Crippen LogP) is 5.60. The molecule has 5 nitrogen and oxygen atoms in total. The van der Waals surface area contributed by atoms with E-state index in [0.717, 1.165) is 43.0 Å². The lowest BCUT2D eigenvalue weighted by molar-refractivity contribution is -0.115. The molecule has 3 fully saturated rings. The first-order valence-corrected chi connectivity index (χ1v) is 14.3. The summed E-state index contributed by atoms with van der Waals surface area (Å²) in [7, 11) is 0. The van der Waals surface area contributed by atoms with Gasteiger partial charge in [-0.25, -0.2) is 0 Å². The lowest BCUT2D eigenvalue weighted by atomic mass is 9.75. The maximum Gasteiger partial charge on any atom is 0.125 e. The molecule has 0 N–H and O–H groups in total. The molecular weight excluding hydrogens is 420 g/mol. The quantitative estimate of drug-likeness (QED) is 0.440. The first-order valence-electron chi connectivity index (χ1n) is 14.3. The lowest BCUT2D eigenvalue weighted by Crippen LogP contribution is -2.46. The van der Waals surface area contributed by atoms with Crippen LogP contribution in [0.15, 0.2) is 12.4 Å². The molecular formula is C29H50N4O. The Kier molecular flexibility index (Phi) is 8.90. The van der Waals surface area contributed by atoms with Crippen molar-refractivity contribution >= 4 is 6.29 Å². The molecule has 4 rings (SSSR count). The van der Waals surface area contributed by atoms with E-state index in [1.165, 1.54) is 89.7 Å². The largest absolute Gasteiger partial charge is 0.303 e. The van der Waals surface area contributed by atoms with E-state index in [2.05, 4.69) is 53.5 Å². The molecule has 0 radical (unpaired) electrons. The Morgan fingerprint density at radius 1 is 0.912 bits per heavy atom. The van der Waals surface area contributed by atoms with Gasteiger partial charge in [-0.05, 0) is 113 Å². The molecule has 192 valence electrons. The summed E-state index contributed by atoms with van der Waals surface area (Å²) in [6, 6.07) is 0.797. The summed E-state index contributed by atoms with van der Waals surface area (Å²) in [6.45, 7) is 16.2. The second kappa shape index (κ2) is 11.7. The minimum Gasteiger partial charge on any atom is -0.303 e. The minimum absolute atomic E-state index is 0.138.